The Morgan fingerprint density at radius 1 is 1.02 bits per heavy atom. The first-order valence-electron chi connectivity index (χ1n) is 17.7. The Morgan fingerprint density at radius 2 is 1.65 bits per heavy atom. The van der Waals surface area contributed by atoms with Gasteiger partial charge < -0.3 is 31.1 Å². The maximum Gasteiger partial charge on any atom is 0.407 e. The van der Waals surface area contributed by atoms with E-state index in [1.54, 1.807) is 11.8 Å². The van der Waals surface area contributed by atoms with Gasteiger partial charge in [0, 0.05) is 19.1 Å². The third-order valence-electron chi connectivity index (χ3n) is 10.3. The number of nitrogens with two attached hydrogens (primary N) is 1. The summed E-state index contributed by atoms with van der Waals surface area (Å²) in [5.74, 6) is -2.85. The minimum atomic E-state index is -1.35. The average Bonchev–Trinajstić information content (AvgIpc) is 3.56. The molecule has 1 saturated heterocycles. The molecule has 1 saturated carbocycles. The number of benzene rings is 1. The van der Waals surface area contributed by atoms with Crippen LogP contribution in [-0.2, 0) is 36.8 Å². The Kier molecular flexibility index (Phi) is 12.8. The number of Topliss-reactive ketones (excluding diaryl/α,β-unsaturated/α-hetero) is 1. The zero-order valence-corrected chi connectivity index (χ0v) is 29.8. The normalized spacial score (nSPS) is 21.8. The first kappa shape index (κ1) is 38.3. The molecular formula is C36H56N6O7. The predicted molar refractivity (Wildman–Crippen MR) is 184 cm³/mol. The highest BCUT2D eigenvalue weighted by atomic mass is 16.5. The van der Waals surface area contributed by atoms with E-state index in [9.17, 15) is 29.1 Å². The molecule has 272 valence electrons. The number of primary amides is 1. The summed E-state index contributed by atoms with van der Waals surface area (Å²) in [6, 6.07) is 4.73. The summed E-state index contributed by atoms with van der Waals surface area (Å²) >= 11 is 0. The van der Waals surface area contributed by atoms with E-state index in [1.807, 2.05) is 58.9 Å². The van der Waals surface area contributed by atoms with Crippen LogP contribution in [0.5, 0.6) is 0 Å². The number of amides is 4. The largest absolute Gasteiger partial charge is 0.448 e. The number of hydrogen-bond donors (Lipinski definition) is 6. The van der Waals surface area contributed by atoms with Gasteiger partial charge in [-0.3, -0.25) is 29.8 Å². The molecule has 4 amide bonds. The number of aliphatic hydroxyl groups excluding tert-OH is 1. The van der Waals surface area contributed by atoms with Crippen molar-refractivity contribution in [1.29, 1.82) is 0 Å². The zero-order chi connectivity index (χ0) is 36.0. The maximum atomic E-state index is 14.7. The standard InChI is InChI=1S/C36H56N6O7/c1-7-38-35(48)49-19-27(36(4,5)6)40-34(47)41-28(24-17-22-10-8-9-11-23(22)18-24)33(46)42-15-14-25(20(2)3)29(42)32(45)39-26(16-21-12-13-21)30(43)31(37)44/h8-11,20-21,24-29,34,40-41,47H,7,12-19H2,1-6H3,(H2,37,44)(H,38,48)(H,39,45)/t25-,26?,27?,28?,29?,34?/m1/s1. The van der Waals surface area contributed by atoms with Crippen LogP contribution in [0.15, 0.2) is 24.3 Å². The van der Waals surface area contributed by atoms with Gasteiger partial charge in [0.2, 0.25) is 17.6 Å². The van der Waals surface area contributed by atoms with E-state index >= 15 is 0 Å². The molecule has 0 aromatic heterocycles. The summed E-state index contributed by atoms with van der Waals surface area (Å²) in [5.41, 5.74) is 7.17. The van der Waals surface area contributed by atoms with Crippen LogP contribution in [0.4, 0.5) is 4.79 Å². The van der Waals surface area contributed by atoms with E-state index in [2.05, 4.69) is 21.3 Å². The van der Waals surface area contributed by atoms with Gasteiger partial charge in [0.05, 0.1) is 12.1 Å². The molecule has 2 fully saturated rings. The second kappa shape index (κ2) is 16.4. The van der Waals surface area contributed by atoms with E-state index < -0.39 is 59.6 Å². The quantitative estimate of drug-likeness (QED) is 0.111. The highest BCUT2D eigenvalue weighted by molar-refractivity contribution is 6.37. The lowest BCUT2D eigenvalue weighted by Crippen LogP contribution is -2.62. The van der Waals surface area contributed by atoms with Crippen LogP contribution in [0, 0.1) is 29.1 Å². The van der Waals surface area contributed by atoms with Crippen LogP contribution < -0.4 is 27.0 Å². The van der Waals surface area contributed by atoms with Crippen molar-refractivity contribution in [3.63, 3.8) is 0 Å². The van der Waals surface area contributed by atoms with Crippen molar-refractivity contribution >= 4 is 29.6 Å². The molecule has 49 heavy (non-hydrogen) atoms. The molecule has 3 aliphatic rings. The van der Waals surface area contributed by atoms with Crippen molar-refractivity contribution in [3.8, 4) is 0 Å². The van der Waals surface area contributed by atoms with Crippen LogP contribution >= 0.6 is 0 Å². The van der Waals surface area contributed by atoms with E-state index in [0.717, 1.165) is 24.0 Å². The summed E-state index contributed by atoms with van der Waals surface area (Å²) < 4.78 is 5.39. The fourth-order valence-electron chi connectivity index (χ4n) is 7.17. The molecule has 1 aromatic rings. The number of rotatable bonds is 16. The number of carbonyl (C=O) groups excluding carboxylic acids is 5. The number of nitrogens with zero attached hydrogens (tertiary/aromatic N) is 1. The molecule has 0 radical (unpaired) electrons. The Labute approximate surface area is 289 Å². The molecule has 13 heteroatoms. The fraction of sp³-hybridized carbons (Fsp3) is 0.694. The van der Waals surface area contributed by atoms with Gasteiger partial charge in [-0.15, -0.1) is 0 Å². The Hall–Kier alpha value is -3.55. The van der Waals surface area contributed by atoms with Gasteiger partial charge in [-0.05, 0) is 72.8 Å². The van der Waals surface area contributed by atoms with Gasteiger partial charge in [-0.25, -0.2) is 4.79 Å². The summed E-state index contributed by atoms with van der Waals surface area (Å²) in [5, 5.41) is 23.1. The highest BCUT2D eigenvalue weighted by Gasteiger charge is 2.48. The molecule has 0 bridgehead atoms. The molecule has 13 nitrogen and oxygen atoms in total. The molecule has 5 unspecified atom stereocenters. The molecule has 6 atom stereocenters. The second-order valence-electron chi connectivity index (χ2n) is 15.3. The summed E-state index contributed by atoms with van der Waals surface area (Å²) in [4.78, 5) is 67.0. The van der Waals surface area contributed by atoms with E-state index in [1.165, 1.54) is 0 Å². The number of nitrogens with one attached hydrogen (secondary N) is 4. The van der Waals surface area contributed by atoms with Crippen LogP contribution in [0.25, 0.3) is 0 Å². The third-order valence-corrected chi connectivity index (χ3v) is 10.3. The first-order valence-corrected chi connectivity index (χ1v) is 17.7. The van der Waals surface area contributed by atoms with Crippen LogP contribution in [0.1, 0.15) is 78.4 Å². The first-order chi connectivity index (χ1) is 23.1. The van der Waals surface area contributed by atoms with Crippen LogP contribution in [0.3, 0.4) is 0 Å². The lowest BCUT2D eigenvalue weighted by molar-refractivity contribution is -0.145. The van der Waals surface area contributed by atoms with E-state index in [4.69, 9.17) is 10.5 Å². The fourth-order valence-corrected chi connectivity index (χ4v) is 7.17. The summed E-state index contributed by atoms with van der Waals surface area (Å²) in [6.45, 7) is 12.4. The van der Waals surface area contributed by atoms with Crippen molar-refractivity contribution in [2.24, 2.45) is 34.8 Å². The van der Waals surface area contributed by atoms with Crippen molar-refractivity contribution in [2.45, 2.75) is 111 Å². The average molecular weight is 685 g/mol. The van der Waals surface area contributed by atoms with Crippen LogP contribution in [-0.4, -0.2) is 89.8 Å². The lowest BCUT2D eigenvalue weighted by atomic mass is 9.87. The highest BCUT2D eigenvalue weighted by Crippen LogP contribution is 2.36. The van der Waals surface area contributed by atoms with Crippen LogP contribution in [0.2, 0.25) is 0 Å². The minimum absolute atomic E-state index is 0.0158. The number of alkyl carbamates (subject to hydrolysis) is 1. The minimum Gasteiger partial charge on any atom is -0.448 e. The summed E-state index contributed by atoms with van der Waals surface area (Å²) in [7, 11) is 0. The number of likely N-dealkylation sites (tertiary alicyclic amines) is 1. The van der Waals surface area contributed by atoms with Gasteiger partial charge >= 0.3 is 6.09 Å². The SMILES string of the molecule is CCNC(=O)OCC(NC(O)NC(C(=O)N1CC[C@H](C(C)C)C1C(=O)NC(CC1CC1)C(=O)C(N)=O)C1Cc2ccccc2C1)C(C)(C)C. The molecule has 0 spiro atoms. The topological polar surface area (TPSA) is 192 Å². The number of hydrogen-bond acceptors (Lipinski definition) is 9. The van der Waals surface area contributed by atoms with Gasteiger partial charge in [0.1, 0.15) is 12.6 Å². The number of fused-ring (bicyclic) bond motifs is 1. The Bertz CT molecular complexity index is 1330. The molecule has 1 aliphatic heterocycles. The molecular weight excluding hydrogens is 628 g/mol. The molecule has 1 aromatic carbocycles. The van der Waals surface area contributed by atoms with Crippen molar-refractivity contribution < 1.29 is 33.8 Å². The van der Waals surface area contributed by atoms with Gasteiger partial charge in [0.15, 0.2) is 6.35 Å². The number of carbonyl (C=O) groups is 5. The maximum absolute atomic E-state index is 14.7. The lowest BCUT2D eigenvalue weighted by Gasteiger charge is -2.37. The van der Waals surface area contributed by atoms with Gasteiger partial charge in [-0.1, -0.05) is 71.7 Å². The monoisotopic (exact) mass is 684 g/mol. The van der Waals surface area contributed by atoms with Crippen molar-refractivity contribution in [3.05, 3.63) is 35.4 Å². The van der Waals surface area contributed by atoms with Crippen molar-refractivity contribution in [1.82, 2.24) is 26.2 Å². The van der Waals surface area contributed by atoms with Gasteiger partial charge in [-0.2, -0.15) is 0 Å². The molecule has 4 rings (SSSR count). The Balaban J connectivity index is 1.58. The van der Waals surface area contributed by atoms with Crippen molar-refractivity contribution in [2.75, 3.05) is 19.7 Å². The van der Waals surface area contributed by atoms with E-state index in [0.29, 0.717) is 38.8 Å². The second-order valence-corrected chi connectivity index (χ2v) is 15.3. The molecule has 2 aliphatic carbocycles. The third kappa shape index (κ3) is 10.0. The number of ether oxygens (including phenoxy) is 1. The van der Waals surface area contributed by atoms with E-state index in [-0.39, 0.29) is 36.2 Å². The predicted octanol–water partition coefficient (Wildman–Crippen LogP) is 1.60. The number of aliphatic hydroxyl groups is 1. The number of ketones is 1. The zero-order valence-electron chi connectivity index (χ0n) is 29.8. The van der Waals surface area contributed by atoms with Gasteiger partial charge in [0.25, 0.3) is 5.91 Å². The summed E-state index contributed by atoms with van der Waals surface area (Å²) in [6.07, 6.45) is 2.04. The molecule has 1 heterocycles. The molecule has 7 N–H and O–H groups in total. The smallest absolute Gasteiger partial charge is 0.407 e. The Morgan fingerprint density at radius 3 is 2.18 bits per heavy atom.